The number of amides is 5. The number of para-hydroxylation sites is 3. The van der Waals surface area contributed by atoms with Crippen molar-refractivity contribution in [1.29, 1.82) is 0 Å². The molecule has 0 saturated heterocycles. The van der Waals surface area contributed by atoms with Crippen molar-refractivity contribution in [2.45, 2.75) is 51.9 Å². The Morgan fingerprint density at radius 1 is 0.653 bits per heavy atom. The lowest BCUT2D eigenvalue weighted by Gasteiger charge is -2.12. The molecule has 5 amide bonds. The quantitative estimate of drug-likeness (QED) is 0.0323. The first-order valence-corrected chi connectivity index (χ1v) is 33.7. The molecule has 0 atom stereocenters. The van der Waals surface area contributed by atoms with Crippen LogP contribution in [0.5, 0.6) is 0 Å². The van der Waals surface area contributed by atoms with Crippen LogP contribution in [0.3, 0.4) is 0 Å². The number of terminal acetylenes is 1. The lowest BCUT2D eigenvalue weighted by Crippen LogP contribution is -2.34. The Balaban J connectivity index is 0.000000179. The number of aryl methyl sites for hydroxylation is 2. The molecule has 12 aromatic rings. The van der Waals surface area contributed by atoms with Crippen LogP contribution in [0.25, 0.3) is 39.1 Å². The highest BCUT2D eigenvalue weighted by Crippen LogP contribution is 2.30. The van der Waals surface area contributed by atoms with Crippen molar-refractivity contribution in [1.82, 2.24) is 25.7 Å². The highest BCUT2D eigenvalue weighted by atomic mass is 35.5. The van der Waals surface area contributed by atoms with Gasteiger partial charge in [-0.05, 0) is 163 Å². The largest absolute Gasteiger partial charge is 0.508 e. The van der Waals surface area contributed by atoms with E-state index in [0.717, 1.165) is 61.9 Å². The molecule has 7 N–H and O–H groups in total. The molecular weight excluding hydrogens is 1370 g/mol. The molecule has 0 unspecified atom stereocenters. The first-order chi connectivity index (χ1) is 48.7. The van der Waals surface area contributed by atoms with E-state index in [1.165, 1.54) is 17.5 Å². The molecule has 0 spiro atoms. The van der Waals surface area contributed by atoms with Crippen LogP contribution in [-0.4, -0.2) is 54.3 Å². The van der Waals surface area contributed by atoms with Crippen molar-refractivity contribution in [2.24, 2.45) is 0 Å². The second-order valence-corrected chi connectivity index (χ2v) is 25.9. The normalized spacial score (nSPS) is 11.1. The van der Waals surface area contributed by atoms with E-state index in [9.17, 15) is 24.3 Å². The number of thiazole rings is 1. The number of allylic oxidation sites excluding steroid dienone is 1. The molecule has 17 nitrogen and oxygen atoms in total. The lowest BCUT2D eigenvalue weighted by atomic mass is 9.93. The van der Waals surface area contributed by atoms with Gasteiger partial charge in [-0.1, -0.05) is 201 Å². The van der Waals surface area contributed by atoms with Gasteiger partial charge in [-0.25, -0.2) is 9.78 Å². The number of halogens is 3. The number of anilines is 5. The molecule has 101 heavy (non-hydrogen) atoms. The number of nitrogens with one attached hydrogen (secondary N) is 6. The molecule has 1 aliphatic carbocycles. The average molecular weight is 1440 g/mol. The lowest BCUT2D eigenvalue weighted by molar-refractivity contribution is -0.115. The zero-order valence-corrected chi connectivity index (χ0v) is 58.7. The number of nitrogens with zero attached hydrogens (tertiary/aromatic N) is 4. The third-order valence-corrected chi connectivity index (χ3v) is 16.8. The zero-order valence-electron chi connectivity index (χ0n) is 54.8. The number of hydrogen-bond donors (Lipinski definition) is 7. The Kier molecular flexibility index (Phi) is 26.6. The van der Waals surface area contributed by atoms with E-state index in [1.54, 1.807) is 84.1 Å². The highest BCUT2D eigenvalue weighted by Gasteiger charge is 2.21. The van der Waals surface area contributed by atoms with Crippen molar-refractivity contribution >= 4 is 143 Å². The van der Waals surface area contributed by atoms with Crippen LogP contribution in [0.4, 0.5) is 33.4 Å². The number of aliphatic hydroxyl groups excluding tert-OH is 1. The number of urea groups is 1. The van der Waals surface area contributed by atoms with Crippen LogP contribution in [-0.2, 0) is 29.5 Å². The maximum atomic E-state index is 12.1. The zero-order chi connectivity index (χ0) is 71.7. The number of hydrogen-bond acceptors (Lipinski definition) is 13. The molecule has 1 aliphatic rings. The maximum Gasteiger partial charge on any atom is 0.324 e. The molecule has 0 fully saturated rings. The van der Waals surface area contributed by atoms with Crippen molar-refractivity contribution in [3.8, 4) is 23.8 Å². The van der Waals surface area contributed by atoms with Crippen molar-refractivity contribution in [3.63, 3.8) is 0 Å². The summed E-state index contributed by atoms with van der Waals surface area (Å²) in [5.74, 6) is 3.20. The van der Waals surface area contributed by atoms with E-state index in [2.05, 4.69) is 76.9 Å². The monoisotopic (exact) mass is 1440 g/mol. The number of benzene rings is 9. The number of rotatable bonds is 13. The van der Waals surface area contributed by atoms with E-state index >= 15 is 0 Å². The van der Waals surface area contributed by atoms with Crippen molar-refractivity contribution in [2.75, 3.05) is 26.6 Å². The van der Waals surface area contributed by atoms with Gasteiger partial charge in [-0.3, -0.25) is 25.0 Å². The molecule has 3 aromatic heterocycles. The fourth-order valence-electron chi connectivity index (χ4n) is 9.57. The topological polar surface area (TPSA) is 239 Å². The van der Waals surface area contributed by atoms with Crippen LogP contribution in [0.15, 0.2) is 252 Å². The van der Waals surface area contributed by atoms with Gasteiger partial charge in [0.15, 0.2) is 10.9 Å². The smallest absolute Gasteiger partial charge is 0.324 e. The third-order valence-electron chi connectivity index (χ3n) is 14.6. The maximum absolute atomic E-state index is 12.1. The minimum Gasteiger partial charge on any atom is -0.508 e. The number of fused-ring (bicyclic) bond motifs is 2. The van der Waals surface area contributed by atoms with Crippen LogP contribution in [0.1, 0.15) is 89.7 Å². The third kappa shape index (κ3) is 22.8. The summed E-state index contributed by atoms with van der Waals surface area (Å²) in [6.45, 7) is 9.54. The number of aromatic nitrogens is 4. The van der Waals surface area contributed by atoms with E-state index < -0.39 is 5.91 Å². The summed E-state index contributed by atoms with van der Waals surface area (Å²) in [6.07, 6.45) is 11.2. The van der Waals surface area contributed by atoms with E-state index in [-0.39, 0.29) is 44.2 Å². The first kappa shape index (κ1) is 73.7. The molecule has 0 saturated carbocycles. The van der Waals surface area contributed by atoms with Crippen molar-refractivity contribution < 1.29 is 36.1 Å². The summed E-state index contributed by atoms with van der Waals surface area (Å²) in [5.41, 5.74) is 10.9. The summed E-state index contributed by atoms with van der Waals surface area (Å²) >= 11 is 24.4. The molecule has 0 aliphatic heterocycles. The van der Waals surface area contributed by atoms with Gasteiger partial charge in [0.25, 0.3) is 5.91 Å². The van der Waals surface area contributed by atoms with Gasteiger partial charge in [-0.2, -0.15) is 0 Å². The average Bonchev–Trinajstić information content (AvgIpc) is 1.78. The second kappa shape index (κ2) is 36.4. The summed E-state index contributed by atoms with van der Waals surface area (Å²) in [6, 6.07) is 71.8. The fraction of sp³-hybridized carbons (Fsp3) is 0.101. The van der Waals surface area contributed by atoms with Gasteiger partial charge >= 0.3 is 17.8 Å². The summed E-state index contributed by atoms with van der Waals surface area (Å²) < 4.78 is 11.7. The predicted octanol–water partition coefficient (Wildman–Crippen LogP) is 20.2. The standard InChI is InChI=1S/C17H10ClNS.C17H16N2OS.C16H13Cl2NO2.C15H11N3O2.C14H17N3O2.2H2/c1-2-13(11-12-7-9-14(18)10-8-12)17-19-15-5-3-4-6-16(15)20-17;20-16(13-5-2-1-3-6-13)19-17(21)18-15-10-9-12-7-4-8-14(12)11-15;1-10(20)13-5-3-2-4-11(13)8-16(21)19-12-6-7-14(17)15(18)9-12;19-13(16-12-9-5-2-6-10-12)15-18-17-14(20-15)11-7-3-1-4-8-11;1-14(2,3)11-9-12(17-19-11)16-13(18)15-10-7-5-4-6-8-10;;/h1,3-11H;1-3,5-6,9-11H,4,7-8H2,(H2,18,19,20,21);2-7,9,20H,1,8H2,(H,19,21);1-10H,(H,16,19);4-9H,1-3H3,(H2,15,16,17,18);2*1H/b13-11+;;;;;;. The molecule has 13 rings (SSSR count). The van der Waals surface area contributed by atoms with Crippen molar-refractivity contribution in [3.05, 3.63) is 308 Å². The van der Waals surface area contributed by atoms with E-state index in [0.29, 0.717) is 60.0 Å². The number of carbonyl (C=O) groups excluding carboxylic acids is 4. The van der Waals surface area contributed by atoms with Crippen LogP contribution < -0.4 is 31.9 Å². The Morgan fingerprint density at radius 3 is 1.92 bits per heavy atom. The van der Waals surface area contributed by atoms with Gasteiger partial charge < -0.3 is 35.3 Å². The Bertz CT molecular complexity index is 4890. The molecular formula is C79H71Cl3N10O7S2. The predicted molar refractivity (Wildman–Crippen MR) is 416 cm³/mol. The Labute approximate surface area is 611 Å². The van der Waals surface area contributed by atoms with E-state index in [1.807, 2.05) is 179 Å². The molecule has 9 aromatic carbocycles. The molecule has 22 heteroatoms. The molecule has 0 radical (unpaired) electrons. The number of carbonyl (C=O) groups is 4. The van der Waals surface area contributed by atoms with Crippen LogP contribution in [0.2, 0.25) is 15.1 Å². The highest BCUT2D eigenvalue weighted by molar-refractivity contribution is 7.80. The Hall–Kier alpha value is -11.5. The first-order valence-electron chi connectivity index (χ1n) is 31.4. The van der Waals surface area contributed by atoms with Gasteiger partial charge in [0, 0.05) is 58.8 Å². The van der Waals surface area contributed by atoms with Crippen LogP contribution >= 0.6 is 58.4 Å². The number of thiocarbonyl (C=S) groups is 1. The number of aliphatic hydroxyl groups is 1. The minimum absolute atomic E-state index is 0. The van der Waals surface area contributed by atoms with Crippen LogP contribution in [0, 0.1) is 12.3 Å². The summed E-state index contributed by atoms with van der Waals surface area (Å²) in [5, 5.41) is 40.2. The molecule has 0 bridgehead atoms. The van der Waals surface area contributed by atoms with Gasteiger partial charge in [0.2, 0.25) is 11.8 Å². The van der Waals surface area contributed by atoms with Gasteiger partial charge in [0.1, 0.15) is 16.5 Å². The summed E-state index contributed by atoms with van der Waals surface area (Å²) in [4.78, 5) is 52.3. The Morgan fingerprint density at radius 2 is 1.27 bits per heavy atom. The minimum atomic E-state index is -0.425. The van der Waals surface area contributed by atoms with Gasteiger partial charge in [-0.15, -0.1) is 28.0 Å². The van der Waals surface area contributed by atoms with Gasteiger partial charge in [0.05, 0.1) is 32.3 Å². The SMILES string of the molecule is C#C/C(=C\c1ccc(Cl)cc1)c1nc2ccccc2s1.C=C(O)c1ccccc1CC(=O)Nc1ccc(Cl)c(Cl)c1.CC(C)(C)c1cc(NC(=O)Nc2ccccc2)no1.O=C(NC(=S)Nc1ccc2c(c1)CCC2)c1ccccc1.O=C(Nc1ccccc1)c1nnc(-c2ccccc2)o1.[HH].[HH]. The molecule has 512 valence electrons. The summed E-state index contributed by atoms with van der Waals surface area (Å²) in [7, 11) is 0. The molecule has 3 heterocycles. The second-order valence-electron chi connectivity index (χ2n) is 23.2. The fourth-order valence-corrected chi connectivity index (χ4v) is 11.1. The van der Waals surface area contributed by atoms with E-state index in [4.69, 9.17) is 62.4 Å².